The van der Waals surface area contributed by atoms with E-state index in [0.29, 0.717) is 28.8 Å². The molecule has 1 heterocycles. The van der Waals surface area contributed by atoms with Gasteiger partial charge in [-0.05, 0) is 49.9 Å². The van der Waals surface area contributed by atoms with Gasteiger partial charge in [-0.2, -0.15) is 4.98 Å². The quantitative estimate of drug-likeness (QED) is 0.503. The number of benzene rings is 2. The Morgan fingerprint density at radius 2 is 1.54 bits per heavy atom. The van der Waals surface area contributed by atoms with E-state index in [2.05, 4.69) is 10.6 Å². The Bertz CT molecular complexity index is 1170. The van der Waals surface area contributed by atoms with Gasteiger partial charge in [-0.25, -0.2) is 4.98 Å². The molecule has 0 saturated heterocycles. The topological polar surface area (TPSA) is 97.8 Å². The summed E-state index contributed by atoms with van der Waals surface area (Å²) >= 11 is 0. The predicted molar refractivity (Wildman–Crippen MR) is 137 cm³/mol. The van der Waals surface area contributed by atoms with Crippen molar-refractivity contribution in [2.24, 2.45) is 0 Å². The van der Waals surface area contributed by atoms with Crippen molar-refractivity contribution in [3.8, 4) is 17.2 Å². The smallest absolute Gasteiger partial charge is 0.251 e. The number of ether oxygens (including phenoxy) is 3. The van der Waals surface area contributed by atoms with Crippen LogP contribution in [-0.4, -0.2) is 63.4 Å². The van der Waals surface area contributed by atoms with Crippen LogP contribution in [0.1, 0.15) is 36.0 Å². The highest BCUT2D eigenvalue weighted by molar-refractivity contribution is 5.96. The Kier molecular flexibility index (Phi) is 7.43. The summed E-state index contributed by atoms with van der Waals surface area (Å²) in [5.41, 5.74) is 1.39. The molecule has 3 aromatic rings. The zero-order valence-corrected chi connectivity index (χ0v) is 20.9. The highest BCUT2D eigenvalue weighted by atomic mass is 16.5. The monoisotopic (exact) mass is 479 g/mol. The van der Waals surface area contributed by atoms with E-state index in [-0.39, 0.29) is 18.0 Å². The van der Waals surface area contributed by atoms with Crippen molar-refractivity contribution in [1.82, 2.24) is 15.3 Å². The van der Waals surface area contributed by atoms with E-state index in [0.717, 1.165) is 42.4 Å². The van der Waals surface area contributed by atoms with Crippen molar-refractivity contribution in [3.05, 3.63) is 42.0 Å². The molecule has 0 radical (unpaired) electrons. The van der Waals surface area contributed by atoms with Crippen molar-refractivity contribution in [3.63, 3.8) is 0 Å². The molecule has 1 amide bonds. The minimum absolute atomic E-state index is 0.0921. The summed E-state index contributed by atoms with van der Waals surface area (Å²) in [5, 5.41) is 7.69. The van der Waals surface area contributed by atoms with Gasteiger partial charge in [0.15, 0.2) is 11.5 Å². The zero-order chi connectivity index (χ0) is 24.9. The third kappa shape index (κ3) is 5.34. The lowest BCUT2D eigenvalue weighted by Gasteiger charge is -2.30. The van der Waals surface area contributed by atoms with Gasteiger partial charge in [-0.3, -0.25) is 4.79 Å². The van der Waals surface area contributed by atoms with E-state index in [9.17, 15) is 4.79 Å². The molecular formula is C26H33N5O4. The Morgan fingerprint density at radius 3 is 2.14 bits per heavy atom. The molecule has 0 unspecified atom stereocenters. The fourth-order valence-electron chi connectivity index (χ4n) is 4.51. The van der Waals surface area contributed by atoms with Crippen LogP contribution in [0.3, 0.4) is 0 Å². The summed E-state index contributed by atoms with van der Waals surface area (Å²) in [4.78, 5) is 24.4. The maximum Gasteiger partial charge on any atom is 0.251 e. The molecule has 1 aliphatic carbocycles. The summed E-state index contributed by atoms with van der Waals surface area (Å²) in [6.07, 6.45) is 3.55. The molecule has 1 fully saturated rings. The molecule has 9 heteroatoms. The van der Waals surface area contributed by atoms with Crippen LogP contribution in [0.15, 0.2) is 36.4 Å². The molecule has 4 rings (SSSR count). The number of amides is 1. The number of carbonyl (C=O) groups is 1. The lowest BCUT2D eigenvalue weighted by Crippen LogP contribution is -2.40. The van der Waals surface area contributed by atoms with E-state index in [1.165, 1.54) is 21.3 Å². The highest BCUT2D eigenvalue weighted by Crippen LogP contribution is 2.38. The number of methoxy groups -OCH3 is 3. The van der Waals surface area contributed by atoms with Gasteiger partial charge < -0.3 is 29.7 Å². The minimum Gasteiger partial charge on any atom is -0.493 e. The van der Waals surface area contributed by atoms with E-state index in [1.54, 1.807) is 12.1 Å². The number of hydrogen-bond acceptors (Lipinski definition) is 8. The summed E-state index contributed by atoms with van der Waals surface area (Å²) in [6.45, 7) is 0. The molecule has 1 saturated carbocycles. The molecule has 0 bridgehead atoms. The average molecular weight is 480 g/mol. The predicted octanol–water partition coefficient (Wildman–Crippen LogP) is 3.87. The minimum atomic E-state index is -0.158. The van der Waals surface area contributed by atoms with E-state index in [4.69, 9.17) is 24.2 Å². The molecule has 1 aromatic heterocycles. The fourth-order valence-corrected chi connectivity index (χ4v) is 4.51. The summed E-state index contributed by atoms with van der Waals surface area (Å²) in [6, 6.07) is 11.7. The van der Waals surface area contributed by atoms with Crippen LogP contribution in [0, 0.1) is 0 Å². The first-order chi connectivity index (χ1) is 16.9. The van der Waals surface area contributed by atoms with Crippen LogP contribution in [0.25, 0.3) is 10.9 Å². The van der Waals surface area contributed by atoms with E-state index in [1.807, 2.05) is 43.3 Å². The first-order valence-electron chi connectivity index (χ1n) is 11.7. The number of carbonyl (C=O) groups excluding carboxylic acids is 1. The summed E-state index contributed by atoms with van der Waals surface area (Å²) in [7, 11) is 8.58. The third-order valence-electron chi connectivity index (χ3n) is 6.33. The maximum absolute atomic E-state index is 12.9. The molecule has 186 valence electrons. The molecule has 1 aliphatic rings. The van der Waals surface area contributed by atoms with Crippen LogP contribution in [-0.2, 0) is 0 Å². The first kappa shape index (κ1) is 24.4. The number of hydrogen-bond donors (Lipinski definition) is 2. The van der Waals surface area contributed by atoms with Gasteiger partial charge in [0.2, 0.25) is 11.7 Å². The van der Waals surface area contributed by atoms with Gasteiger partial charge in [-0.1, -0.05) is 12.1 Å². The van der Waals surface area contributed by atoms with Gasteiger partial charge in [0.05, 0.1) is 26.8 Å². The van der Waals surface area contributed by atoms with Crippen LogP contribution in [0.4, 0.5) is 11.8 Å². The normalized spacial score (nSPS) is 17.5. The van der Waals surface area contributed by atoms with Crippen molar-refractivity contribution in [1.29, 1.82) is 0 Å². The van der Waals surface area contributed by atoms with Crippen molar-refractivity contribution >= 4 is 28.6 Å². The molecule has 0 aliphatic heterocycles. The number of anilines is 2. The van der Waals surface area contributed by atoms with Gasteiger partial charge in [0.1, 0.15) is 5.82 Å². The standard InChI is InChI=1S/C26H33N5O4/c1-31(2)24-19-8-6-7-9-20(19)29-26(30-24)28-18-12-10-17(11-13-18)27-25(32)16-14-21(33-3)23(35-5)22(15-16)34-4/h6-9,14-15,17-18H,10-13H2,1-5H3,(H,27,32)(H,28,29,30). The molecule has 2 aromatic carbocycles. The number of aromatic nitrogens is 2. The lowest BCUT2D eigenvalue weighted by atomic mass is 9.91. The Morgan fingerprint density at radius 1 is 0.914 bits per heavy atom. The van der Waals surface area contributed by atoms with Gasteiger partial charge >= 0.3 is 0 Å². The fraction of sp³-hybridized carbons (Fsp3) is 0.423. The average Bonchev–Trinajstić information content (AvgIpc) is 2.88. The number of nitrogens with one attached hydrogen (secondary N) is 2. The SMILES string of the molecule is COc1cc(C(=O)NC2CCC(Nc3nc(N(C)C)c4ccccc4n3)CC2)cc(OC)c1OC. The second-order valence-corrected chi connectivity index (χ2v) is 8.86. The largest absolute Gasteiger partial charge is 0.493 e. The summed E-state index contributed by atoms with van der Waals surface area (Å²) in [5.74, 6) is 2.75. The molecule has 9 nitrogen and oxygen atoms in total. The lowest BCUT2D eigenvalue weighted by molar-refractivity contribution is 0.0925. The van der Waals surface area contributed by atoms with Crippen LogP contribution in [0.2, 0.25) is 0 Å². The molecule has 2 N–H and O–H groups in total. The number of para-hydroxylation sites is 1. The number of nitrogens with zero attached hydrogens (tertiary/aromatic N) is 3. The Hall–Kier alpha value is -3.75. The number of fused-ring (bicyclic) bond motifs is 1. The van der Waals surface area contributed by atoms with E-state index >= 15 is 0 Å². The molecule has 0 spiro atoms. The Labute approximate surface area is 205 Å². The Balaban J connectivity index is 1.39. The second-order valence-electron chi connectivity index (χ2n) is 8.86. The van der Waals surface area contributed by atoms with Gasteiger partial charge in [0, 0.05) is 37.1 Å². The zero-order valence-electron chi connectivity index (χ0n) is 20.9. The van der Waals surface area contributed by atoms with Crippen LogP contribution < -0.4 is 29.7 Å². The van der Waals surface area contributed by atoms with Crippen LogP contribution >= 0.6 is 0 Å². The van der Waals surface area contributed by atoms with Crippen molar-refractivity contribution < 1.29 is 19.0 Å². The third-order valence-corrected chi connectivity index (χ3v) is 6.33. The summed E-state index contributed by atoms with van der Waals surface area (Å²) < 4.78 is 16.1. The maximum atomic E-state index is 12.9. The van der Waals surface area contributed by atoms with Crippen LogP contribution in [0.5, 0.6) is 17.2 Å². The first-order valence-corrected chi connectivity index (χ1v) is 11.7. The highest BCUT2D eigenvalue weighted by Gasteiger charge is 2.25. The van der Waals surface area contributed by atoms with E-state index < -0.39 is 0 Å². The molecular weight excluding hydrogens is 446 g/mol. The van der Waals surface area contributed by atoms with Crippen molar-refractivity contribution in [2.45, 2.75) is 37.8 Å². The molecule has 35 heavy (non-hydrogen) atoms. The number of rotatable bonds is 8. The second kappa shape index (κ2) is 10.7. The van der Waals surface area contributed by atoms with Gasteiger partial charge in [0.25, 0.3) is 5.91 Å². The van der Waals surface area contributed by atoms with Crippen molar-refractivity contribution in [2.75, 3.05) is 45.6 Å². The van der Waals surface area contributed by atoms with Gasteiger partial charge in [-0.15, -0.1) is 0 Å². The molecule has 0 atom stereocenters.